The maximum atomic E-state index is 11.3. The maximum Gasteiger partial charge on any atom is 0.223 e. The third-order valence-electron chi connectivity index (χ3n) is 2.44. The van der Waals surface area contributed by atoms with Crippen LogP contribution in [0, 0.1) is 5.92 Å². The van der Waals surface area contributed by atoms with Gasteiger partial charge in [0.05, 0.1) is 0 Å². The van der Waals surface area contributed by atoms with E-state index in [-0.39, 0.29) is 11.8 Å². The Labute approximate surface area is 68.4 Å². The number of carbonyl (C=O) groups excluding carboxylic acids is 1. The van der Waals surface area contributed by atoms with Crippen molar-refractivity contribution in [2.45, 2.75) is 45.6 Å². The molecule has 1 fully saturated rings. The molecule has 2 atom stereocenters. The van der Waals surface area contributed by atoms with E-state index in [1.54, 1.807) is 0 Å². The monoisotopic (exact) mass is 155 g/mol. The molecule has 1 saturated heterocycles. The second-order valence-corrected chi connectivity index (χ2v) is 3.45. The molecule has 1 heterocycles. The molecule has 0 bridgehead atoms. The molecule has 11 heavy (non-hydrogen) atoms. The second kappa shape index (κ2) is 3.74. The smallest absolute Gasteiger partial charge is 0.223 e. The van der Waals surface area contributed by atoms with Crippen molar-refractivity contribution in [1.82, 2.24) is 5.32 Å². The molecule has 2 heteroatoms. The van der Waals surface area contributed by atoms with Gasteiger partial charge in [-0.15, -0.1) is 0 Å². The lowest BCUT2D eigenvalue weighted by Gasteiger charge is -2.11. The first-order chi connectivity index (χ1) is 5.24. The first-order valence-electron chi connectivity index (χ1n) is 4.54. The van der Waals surface area contributed by atoms with E-state index in [1.165, 1.54) is 6.42 Å². The zero-order chi connectivity index (χ0) is 8.27. The molecule has 0 radical (unpaired) electrons. The highest BCUT2D eigenvalue weighted by molar-refractivity contribution is 5.79. The van der Waals surface area contributed by atoms with Gasteiger partial charge in [-0.1, -0.05) is 13.3 Å². The van der Waals surface area contributed by atoms with E-state index in [1.807, 2.05) is 0 Å². The van der Waals surface area contributed by atoms with Gasteiger partial charge >= 0.3 is 0 Å². The number of nitrogens with one attached hydrogen (secondary N) is 1. The normalized spacial score (nSPS) is 32.7. The molecule has 2 unspecified atom stereocenters. The van der Waals surface area contributed by atoms with Gasteiger partial charge in [0.25, 0.3) is 0 Å². The summed E-state index contributed by atoms with van der Waals surface area (Å²) in [4.78, 5) is 11.3. The van der Waals surface area contributed by atoms with Crippen LogP contribution < -0.4 is 5.32 Å². The molecule has 1 rings (SSSR count). The van der Waals surface area contributed by atoms with Gasteiger partial charge in [0.1, 0.15) is 0 Å². The van der Waals surface area contributed by atoms with Crippen LogP contribution in [0.1, 0.15) is 39.5 Å². The fourth-order valence-electron chi connectivity index (χ4n) is 1.62. The molecular weight excluding hydrogens is 138 g/mol. The highest BCUT2D eigenvalue weighted by atomic mass is 16.1. The van der Waals surface area contributed by atoms with Crippen LogP contribution in [-0.2, 0) is 4.79 Å². The summed E-state index contributed by atoms with van der Waals surface area (Å²) in [6, 6.07) is 0.388. The third-order valence-corrected chi connectivity index (χ3v) is 2.44. The average Bonchev–Trinajstić information content (AvgIpc) is 2.11. The van der Waals surface area contributed by atoms with Crippen molar-refractivity contribution in [2.75, 3.05) is 0 Å². The number of hydrogen-bond acceptors (Lipinski definition) is 1. The van der Waals surface area contributed by atoms with E-state index in [2.05, 4.69) is 19.2 Å². The van der Waals surface area contributed by atoms with E-state index >= 15 is 0 Å². The van der Waals surface area contributed by atoms with Crippen LogP contribution in [0.15, 0.2) is 0 Å². The molecule has 1 aliphatic rings. The minimum absolute atomic E-state index is 0.262. The summed E-state index contributed by atoms with van der Waals surface area (Å²) in [5.74, 6) is 0.539. The van der Waals surface area contributed by atoms with E-state index < -0.39 is 0 Å². The van der Waals surface area contributed by atoms with Gasteiger partial charge in [-0.3, -0.25) is 4.79 Å². The molecule has 0 spiro atoms. The fourth-order valence-corrected chi connectivity index (χ4v) is 1.62. The summed E-state index contributed by atoms with van der Waals surface area (Å²) in [6.07, 6.45) is 4.39. The third kappa shape index (κ3) is 2.21. The Kier molecular flexibility index (Phi) is 2.92. The van der Waals surface area contributed by atoms with E-state index in [4.69, 9.17) is 0 Å². The largest absolute Gasteiger partial charge is 0.353 e. The van der Waals surface area contributed by atoms with Gasteiger partial charge in [0.15, 0.2) is 0 Å². The molecular formula is C9H17NO. The fraction of sp³-hybridized carbons (Fsp3) is 0.889. The SMILES string of the molecule is CCC1CCCC(C)NC1=O. The van der Waals surface area contributed by atoms with E-state index in [9.17, 15) is 4.79 Å². The number of hydrogen-bond donors (Lipinski definition) is 1. The predicted octanol–water partition coefficient (Wildman–Crippen LogP) is 1.70. The van der Waals surface area contributed by atoms with Crippen LogP contribution in [0.5, 0.6) is 0 Å². The van der Waals surface area contributed by atoms with Gasteiger partial charge in [0.2, 0.25) is 5.91 Å². The van der Waals surface area contributed by atoms with E-state index in [0.29, 0.717) is 6.04 Å². The Hall–Kier alpha value is -0.530. The van der Waals surface area contributed by atoms with Gasteiger partial charge in [-0.05, 0) is 26.2 Å². The summed E-state index contributed by atoms with van der Waals surface area (Å²) in [7, 11) is 0. The summed E-state index contributed by atoms with van der Waals surface area (Å²) in [6.45, 7) is 4.16. The molecule has 1 N–H and O–H groups in total. The van der Waals surface area contributed by atoms with Crippen molar-refractivity contribution in [3.63, 3.8) is 0 Å². The number of amides is 1. The van der Waals surface area contributed by atoms with Crippen LogP contribution in [0.25, 0.3) is 0 Å². The highest BCUT2D eigenvalue weighted by Crippen LogP contribution is 2.17. The summed E-state index contributed by atoms with van der Waals surface area (Å²) in [5, 5.41) is 3.00. The van der Waals surface area contributed by atoms with E-state index in [0.717, 1.165) is 19.3 Å². The topological polar surface area (TPSA) is 29.1 Å². The number of rotatable bonds is 1. The van der Waals surface area contributed by atoms with Crippen LogP contribution in [0.2, 0.25) is 0 Å². The zero-order valence-electron chi connectivity index (χ0n) is 7.39. The Morgan fingerprint density at radius 2 is 2.27 bits per heavy atom. The van der Waals surface area contributed by atoms with Gasteiger partial charge < -0.3 is 5.32 Å². The molecule has 64 valence electrons. The van der Waals surface area contributed by atoms with Crippen molar-refractivity contribution in [2.24, 2.45) is 5.92 Å². The van der Waals surface area contributed by atoms with Crippen LogP contribution in [-0.4, -0.2) is 11.9 Å². The van der Waals surface area contributed by atoms with Gasteiger partial charge in [-0.25, -0.2) is 0 Å². The lowest BCUT2D eigenvalue weighted by molar-refractivity contribution is -0.125. The standard InChI is InChI=1S/C9H17NO/c1-3-8-6-4-5-7(2)10-9(8)11/h7-8H,3-6H2,1-2H3,(H,10,11). The van der Waals surface area contributed by atoms with Crippen molar-refractivity contribution < 1.29 is 4.79 Å². The average molecular weight is 155 g/mol. The Balaban J connectivity index is 2.50. The molecule has 0 aliphatic carbocycles. The first kappa shape index (κ1) is 8.57. The quantitative estimate of drug-likeness (QED) is 0.613. The second-order valence-electron chi connectivity index (χ2n) is 3.45. The lowest BCUT2D eigenvalue weighted by atomic mass is 10.00. The highest BCUT2D eigenvalue weighted by Gasteiger charge is 2.21. The van der Waals surface area contributed by atoms with Crippen LogP contribution in [0.4, 0.5) is 0 Å². The maximum absolute atomic E-state index is 11.3. The summed E-state index contributed by atoms with van der Waals surface area (Å²) < 4.78 is 0. The van der Waals surface area contributed by atoms with Gasteiger partial charge in [0, 0.05) is 12.0 Å². The Bertz CT molecular complexity index is 144. The van der Waals surface area contributed by atoms with Crippen molar-refractivity contribution in [3.8, 4) is 0 Å². The number of carbonyl (C=O) groups is 1. The van der Waals surface area contributed by atoms with Crippen molar-refractivity contribution in [3.05, 3.63) is 0 Å². The molecule has 1 aliphatic heterocycles. The molecule has 2 nitrogen and oxygen atoms in total. The van der Waals surface area contributed by atoms with Crippen LogP contribution in [0.3, 0.4) is 0 Å². The molecule has 0 aromatic rings. The predicted molar refractivity (Wildman–Crippen MR) is 45.2 cm³/mol. The minimum Gasteiger partial charge on any atom is -0.353 e. The molecule has 0 saturated carbocycles. The molecule has 0 aromatic carbocycles. The van der Waals surface area contributed by atoms with Crippen molar-refractivity contribution in [1.29, 1.82) is 0 Å². The Morgan fingerprint density at radius 1 is 1.55 bits per heavy atom. The van der Waals surface area contributed by atoms with Crippen molar-refractivity contribution >= 4 is 5.91 Å². The van der Waals surface area contributed by atoms with Crippen LogP contribution >= 0.6 is 0 Å². The van der Waals surface area contributed by atoms with Gasteiger partial charge in [-0.2, -0.15) is 0 Å². The zero-order valence-corrected chi connectivity index (χ0v) is 7.39. The minimum atomic E-state index is 0.262. The molecule has 1 amide bonds. The first-order valence-corrected chi connectivity index (χ1v) is 4.54. The lowest BCUT2D eigenvalue weighted by Crippen LogP contribution is -2.34. The molecule has 0 aromatic heterocycles. The summed E-state index contributed by atoms with van der Waals surface area (Å²) >= 11 is 0. The summed E-state index contributed by atoms with van der Waals surface area (Å²) in [5.41, 5.74) is 0. The Morgan fingerprint density at radius 3 is 2.91 bits per heavy atom.